The topological polar surface area (TPSA) is 45.2 Å². The zero-order valence-corrected chi connectivity index (χ0v) is 21.8. The van der Waals surface area contributed by atoms with Gasteiger partial charge < -0.3 is 10.2 Å². The van der Waals surface area contributed by atoms with Crippen molar-refractivity contribution in [3.8, 4) is 0 Å². The van der Waals surface area contributed by atoms with Crippen molar-refractivity contribution in [1.29, 1.82) is 0 Å². The van der Waals surface area contributed by atoms with Crippen LogP contribution < -0.4 is 10.2 Å². The first-order valence-electron chi connectivity index (χ1n) is 12.3. The molecule has 2 heterocycles. The maximum Gasteiger partial charge on any atom is 0.252 e. The number of halogens is 2. The second kappa shape index (κ2) is 10.9. The SMILES string of the molecule is CCCC(CNC(=O)c1c(C)c(N2CCCCC2)nc2ccc(Br)cc12)c1cc(F)ccc1C. The second-order valence-corrected chi connectivity index (χ2v) is 10.3. The lowest BCUT2D eigenvalue weighted by atomic mass is 9.90. The first-order chi connectivity index (χ1) is 16.4. The minimum atomic E-state index is -0.236. The quantitative estimate of drug-likeness (QED) is 0.359. The highest BCUT2D eigenvalue weighted by Gasteiger charge is 2.23. The molecule has 0 saturated carbocycles. The number of amides is 1. The maximum atomic E-state index is 14.0. The van der Waals surface area contributed by atoms with Crippen LogP contribution in [0.1, 0.15) is 72.0 Å². The molecule has 2 aromatic carbocycles. The third-order valence-electron chi connectivity index (χ3n) is 6.87. The van der Waals surface area contributed by atoms with Crippen LogP contribution in [0.25, 0.3) is 10.9 Å². The Morgan fingerprint density at radius 1 is 1.15 bits per heavy atom. The molecule has 180 valence electrons. The molecule has 6 heteroatoms. The average Bonchev–Trinajstić information content (AvgIpc) is 2.83. The van der Waals surface area contributed by atoms with Crippen LogP contribution in [0.3, 0.4) is 0 Å². The Labute approximate surface area is 210 Å². The zero-order chi connectivity index (χ0) is 24.2. The summed E-state index contributed by atoms with van der Waals surface area (Å²) in [6.45, 7) is 8.52. The number of hydrogen-bond donors (Lipinski definition) is 1. The predicted molar refractivity (Wildman–Crippen MR) is 141 cm³/mol. The van der Waals surface area contributed by atoms with Crippen LogP contribution in [-0.4, -0.2) is 30.5 Å². The molecule has 4 nitrogen and oxygen atoms in total. The van der Waals surface area contributed by atoms with Crippen molar-refractivity contribution in [3.05, 3.63) is 68.9 Å². The van der Waals surface area contributed by atoms with E-state index in [2.05, 4.69) is 33.1 Å². The van der Waals surface area contributed by atoms with Crippen molar-refractivity contribution >= 4 is 38.6 Å². The minimum absolute atomic E-state index is 0.0614. The fourth-order valence-corrected chi connectivity index (χ4v) is 5.46. The van der Waals surface area contributed by atoms with Crippen LogP contribution in [0.4, 0.5) is 10.2 Å². The van der Waals surface area contributed by atoms with E-state index in [4.69, 9.17) is 4.98 Å². The van der Waals surface area contributed by atoms with Crippen LogP contribution in [0.15, 0.2) is 40.9 Å². The Kier molecular flexibility index (Phi) is 7.87. The molecule has 1 aliphatic rings. The zero-order valence-electron chi connectivity index (χ0n) is 20.3. The number of pyridine rings is 1. The Bertz CT molecular complexity index is 1190. The van der Waals surface area contributed by atoms with E-state index in [0.717, 1.165) is 76.7 Å². The summed E-state index contributed by atoms with van der Waals surface area (Å²) in [7, 11) is 0. The second-order valence-electron chi connectivity index (χ2n) is 9.34. The number of benzene rings is 2. The number of piperidine rings is 1. The van der Waals surface area contributed by atoms with Crippen LogP contribution in [0.2, 0.25) is 0 Å². The number of nitrogens with one attached hydrogen (secondary N) is 1. The molecular weight excluding hydrogens is 493 g/mol. The number of aromatic nitrogens is 1. The standard InChI is InChI=1S/C28H33BrFN3O/c1-4-8-20(23-16-22(30)11-9-18(23)2)17-31-28(34)26-19(3)27(33-13-6-5-7-14-33)32-25-12-10-21(29)15-24(25)26/h9-12,15-16,20H,4-8,13-14,17H2,1-3H3,(H,31,34). The number of carbonyl (C=O) groups is 1. The number of nitrogens with zero attached hydrogens (tertiary/aromatic N) is 2. The van der Waals surface area contributed by atoms with Crippen LogP contribution >= 0.6 is 15.9 Å². The Morgan fingerprint density at radius 2 is 1.91 bits per heavy atom. The summed E-state index contributed by atoms with van der Waals surface area (Å²) in [6, 6.07) is 10.8. The van der Waals surface area contributed by atoms with E-state index < -0.39 is 0 Å². The average molecular weight is 526 g/mol. The predicted octanol–water partition coefficient (Wildman–Crippen LogP) is 7.06. The van der Waals surface area contributed by atoms with Crippen LogP contribution in [0.5, 0.6) is 0 Å². The molecule has 1 atom stereocenters. The number of aryl methyl sites for hydroxylation is 1. The van der Waals surface area contributed by atoms with E-state index in [1.807, 2.05) is 38.1 Å². The fraction of sp³-hybridized carbons (Fsp3) is 0.429. The molecule has 4 rings (SSSR count). The van der Waals surface area contributed by atoms with E-state index in [9.17, 15) is 9.18 Å². The lowest BCUT2D eigenvalue weighted by Crippen LogP contribution is -2.33. The van der Waals surface area contributed by atoms with Gasteiger partial charge in [-0.3, -0.25) is 4.79 Å². The molecule has 1 aromatic heterocycles. The molecule has 3 aromatic rings. The van der Waals surface area contributed by atoms with E-state index >= 15 is 0 Å². The first-order valence-corrected chi connectivity index (χ1v) is 13.1. The summed E-state index contributed by atoms with van der Waals surface area (Å²) in [5.74, 6) is 0.633. The molecule has 0 bridgehead atoms. The summed E-state index contributed by atoms with van der Waals surface area (Å²) in [5.41, 5.74) is 4.44. The third-order valence-corrected chi connectivity index (χ3v) is 7.37. The minimum Gasteiger partial charge on any atom is -0.356 e. The van der Waals surface area contributed by atoms with Crippen molar-refractivity contribution in [3.63, 3.8) is 0 Å². The van der Waals surface area contributed by atoms with Crippen molar-refractivity contribution < 1.29 is 9.18 Å². The molecule has 1 unspecified atom stereocenters. The molecule has 1 aliphatic heterocycles. The molecule has 1 saturated heterocycles. The Hall–Kier alpha value is -2.47. The van der Waals surface area contributed by atoms with Crippen molar-refractivity contribution in [2.24, 2.45) is 0 Å². The first kappa shape index (κ1) is 24.6. The largest absolute Gasteiger partial charge is 0.356 e. The Balaban J connectivity index is 1.68. The van der Waals surface area contributed by atoms with Crippen molar-refractivity contribution in [2.45, 2.75) is 58.8 Å². The van der Waals surface area contributed by atoms with Gasteiger partial charge >= 0.3 is 0 Å². The molecule has 1 fully saturated rings. The van der Waals surface area contributed by atoms with Gasteiger partial charge in [0.05, 0.1) is 11.1 Å². The summed E-state index contributed by atoms with van der Waals surface area (Å²) in [4.78, 5) is 20.9. The maximum absolute atomic E-state index is 14.0. The smallest absolute Gasteiger partial charge is 0.252 e. The fourth-order valence-electron chi connectivity index (χ4n) is 5.10. The van der Waals surface area contributed by atoms with Gasteiger partial charge in [0.25, 0.3) is 5.91 Å². The molecule has 0 radical (unpaired) electrons. The van der Waals surface area contributed by atoms with Gasteiger partial charge in [0, 0.05) is 41.0 Å². The number of fused-ring (bicyclic) bond motifs is 1. The highest BCUT2D eigenvalue weighted by Crippen LogP contribution is 2.32. The van der Waals surface area contributed by atoms with E-state index in [0.29, 0.717) is 12.1 Å². The summed E-state index contributed by atoms with van der Waals surface area (Å²) >= 11 is 3.56. The normalized spacial score (nSPS) is 14.9. The third kappa shape index (κ3) is 5.27. The van der Waals surface area contributed by atoms with E-state index in [1.165, 1.54) is 12.5 Å². The van der Waals surface area contributed by atoms with E-state index in [1.54, 1.807) is 6.07 Å². The number of hydrogen-bond acceptors (Lipinski definition) is 3. The lowest BCUT2D eigenvalue weighted by molar-refractivity contribution is 0.0951. The molecule has 0 aliphatic carbocycles. The highest BCUT2D eigenvalue weighted by atomic mass is 79.9. The van der Waals surface area contributed by atoms with Crippen molar-refractivity contribution in [1.82, 2.24) is 10.3 Å². The number of anilines is 1. The molecule has 0 spiro atoms. The van der Waals surface area contributed by atoms with Gasteiger partial charge in [0.2, 0.25) is 0 Å². The van der Waals surface area contributed by atoms with Crippen LogP contribution in [-0.2, 0) is 0 Å². The van der Waals surface area contributed by atoms with Gasteiger partial charge in [0.15, 0.2) is 0 Å². The lowest BCUT2D eigenvalue weighted by Gasteiger charge is -2.30. The highest BCUT2D eigenvalue weighted by molar-refractivity contribution is 9.10. The van der Waals surface area contributed by atoms with Crippen LogP contribution in [0, 0.1) is 19.7 Å². The van der Waals surface area contributed by atoms with Gasteiger partial charge in [-0.2, -0.15) is 0 Å². The Morgan fingerprint density at radius 3 is 2.65 bits per heavy atom. The van der Waals surface area contributed by atoms with Gasteiger partial charge in [-0.05, 0) is 81.0 Å². The summed E-state index contributed by atoms with van der Waals surface area (Å²) in [6.07, 6.45) is 5.37. The number of carbonyl (C=O) groups excluding carboxylic acids is 1. The molecule has 34 heavy (non-hydrogen) atoms. The van der Waals surface area contributed by atoms with Gasteiger partial charge in [0.1, 0.15) is 11.6 Å². The molecule has 1 amide bonds. The summed E-state index contributed by atoms with van der Waals surface area (Å²) in [5, 5.41) is 4.04. The van der Waals surface area contributed by atoms with Gasteiger partial charge in [-0.15, -0.1) is 0 Å². The van der Waals surface area contributed by atoms with Gasteiger partial charge in [-0.1, -0.05) is 35.3 Å². The number of rotatable bonds is 7. The monoisotopic (exact) mass is 525 g/mol. The summed E-state index contributed by atoms with van der Waals surface area (Å²) < 4.78 is 14.9. The van der Waals surface area contributed by atoms with E-state index in [-0.39, 0.29) is 17.6 Å². The molecule has 1 N–H and O–H groups in total. The molecular formula is C28H33BrFN3O. The van der Waals surface area contributed by atoms with Crippen molar-refractivity contribution in [2.75, 3.05) is 24.5 Å². The van der Waals surface area contributed by atoms with Gasteiger partial charge in [-0.25, -0.2) is 9.37 Å².